The highest BCUT2D eigenvalue weighted by Gasteiger charge is 2.12. The van der Waals surface area contributed by atoms with Crippen molar-refractivity contribution in [2.75, 3.05) is 7.11 Å². The average molecular weight is 314 g/mol. The fourth-order valence-electron chi connectivity index (χ4n) is 2.12. The summed E-state index contributed by atoms with van der Waals surface area (Å²) in [7, 11) is 1.62. The van der Waals surface area contributed by atoms with Crippen LogP contribution in [0.2, 0.25) is 0 Å². The molecule has 1 heterocycles. The standard InChI is InChI=1S/C18H22N2O3/c1-4-15(19)16(21)9-13-6-8-18(20-11-13)23-14-7-5-12(2)17(10-14)22-3/h5-8,10-11,15H,4,9,19H2,1-3H3/t15-/m1/s1. The number of hydrogen-bond acceptors (Lipinski definition) is 5. The first-order chi connectivity index (χ1) is 11.0. The van der Waals surface area contributed by atoms with Crippen LogP contribution in [0.3, 0.4) is 0 Å². The second-order valence-corrected chi connectivity index (χ2v) is 5.40. The number of hydrogen-bond donors (Lipinski definition) is 1. The van der Waals surface area contributed by atoms with Gasteiger partial charge in [-0.15, -0.1) is 0 Å². The average Bonchev–Trinajstić information content (AvgIpc) is 2.57. The van der Waals surface area contributed by atoms with Gasteiger partial charge in [-0.05, 0) is 30.5 Å². The lowest BCUT2D eigenvalue weighted by molar-refractivity contribution is -0.119. The maximum atomic E-state index is 11.8. The number of carbonyl (C=O) groups excluding carboxylic acids is 1. The molecule has 5 nitrogen and oxygen atoms in total. The van der Waals surface area contributed by atoms with Gasteiger partial charge in [0.25, 0.3) is 0 Å². The number of aromatic nitrogens is 1. The monoisotopic (exact) mass is 314 g/mol. The van der Waals surface area contributed by atoms with Crippen molar-refractivity contribution in [1.82, 2.24) is 4.98 Å². The maximum Gasteiger partial charge on any atom is 0.219 e. The van der Waals surface area contributed by atoms with E-state index in [0.29, 0.717) is 24.5 Å². The molecule has 2 aromatic rings. The van der Waals surface area contributed by atoms with Crippen molar-refractivity contribution >= 4 is 5.78 Å². The van der Waals surface area contributed by atoms with Gasteiger partial charge >= 0.3 is 0 Å². The lowest BCUT2D eigenvalue weighted by Crippen LogP contribution is -2.30. The summed E-state index contributed by atoms with van der Waals surface area (Å²) in [6, 6.07) is 8.76. The van der Waals surface area contributed by atoms with Gasteiger partial charge in [0.15, 0.2) is 5.78 Å². The molecule has 0 spiro atoms. The molecular weight excluding hydrogens is 292 g/mol. The number of rotatable bonds is 7. The first kappa shape index (κ1) is 17.0. The summed E-state index contributed by atoms with van der Waals surface area (Å²) in [4.78, 5) is 16.1. The molecule has 0 saturated carbocycles. The second kappa shape index (κ2) is 7.74. The van der Waals surface area contributed by atoms with Crippen LogP contribution in [0.1, 0.15) is 24.5 Å². The van der Waals surface area contributed by atoms with E-state index in [9.17, 15) is 4.79 Å². The van der Waals surface area contributed by atoms with Crippen molar-refractivity contribution in [2.45, 2.75) is 32.7 Å². The van der Waals surface area contributed by atoms with Gasteiger partial charge in [-0.1, -0.05) is 19.1 Å². The minimum Gasteiger partial charge on any atom is -0.496 e. The Hall–Kier alpha value is -2.40. The number of ether oxygens (including phenoxy) is 2. The van der Waals surface area contributed by atoms with Crippen molar-refractivity contribution in [3.63, 3.8) is 0 Å². The van der Waals surface area contributed by atoms with Gasteiger partial charge in [0, 0.05) is 24.8 Å². The van der Waals surface area contributed by atoms with Crippen molar-refractivity contribution in [3.8, 4) is 17.4 Å². The summed E-state index contributed by atoms with van der Waals surface area (Å²) < 4.78 is 11.0. The Bertz CT molecular complexity index is 668. The predicted molar refractivity (Wildman–Crippen MR) is 89.0 cm³/mol. The second-order valence-electron chi connectivity index (χ2n) is 5.40. The summed E-state index contributed by atoms with van der Waals surface area (Å²) in [6.45, 7) is 3.86. The van der Waals surface area contributed by atoms with E-state index in [2.05, 4.69) is 4.98 Å². The third-order valence-corrected chi connectivity index (χ3v) is 3.63. The number of aryl methyl sites for hydroxylation is 1. The molecule has 1 atom stereocenters. The van der Waals surface area contributed by atoms with Crippen LogP contribution < -0.4 is 15.2 Å². The van der Waals surface area contributed by atoms with Gasteiger partial charge in [0.1, 0.15) is 11.5 Å². The summed E-state index contributed by atoms with van der Waals surface area (Å²) in [5.74, 6) is 1.90. The Labute approximate surface area is 136 Å². The number of ketones is 1. The number of benzene rings is 1. The van der Waals surface area contributed by atoms with Gasteiger partial charge in [0.2, 0.25) is 5.88 Å². The van der Waals surface area contributed by atoms with Crippen LogP contribution in [0, 0.1) is 6.92 Å². The van der Waals surface area contributed by atoms with E-state index in [4.69, 9.17) is 15.2 Å². The van der Waals surface area contributed by atoms with E-state index in [1.165, 1.54) is 0 Å². The molecule has 0 unspecified atom stereocenters. The Morgan fingerprint density at radius 1 is 1.30 bits per heavy atom. The van der Waals surface area contributed by atoms with Crippen LogP contribution in [0.4, 0.5) is 0 Å². The van der Waals surface area contributed by atoms with E-state index >= 15 is 0 Å². The third-order valence-electron chi connectivity index (χ3n) is 3.63. The zero-order valence-corrected chi connectivity index (χ0v) is 13.7. The molecule has 0 aliphatic carbocycles. The first-order valence-corrected chi connectivity index (χ1v) is 7.59. The zero-order valence-electron chi connectivity index (χ0n) is 13.7. The number of pyridine rings is 1. The van der Waals surface area contributed by atoms with Crippen LogP contribution >= 0.6 is 0 Å². The first-order valence-electron chi connectivity index (χ1n) is 7.59. The van der Waals surface area contributed by atoms with Crippen molar-refractivity contribution in [2.24, 2.45) is 5.73 Å². The lowest BCUT2D eigenvalue weighted by Gasteiger charge is -2.10. The van der Waals surface area contributed by atoms with Gasteiger partial charge in [-0.3, -0.25) is 4.79 Å². The largest absolute Gasteiger partial charge is 0.496 e. The van der Waals surface area contributed by atoms with Crippen LogP contribution in [0.25, 0.3) is 0 Å². The molecule has 0 fully saturated rings. The van der Waals surface area contributed by atoms with Gasteiger partial charge < -0.3 is 15.2 Å². The topological polar surface area (TPSA) is 74.4 Å². The molecule has 23 heavy (non-hydrogen) atoms. The Morgan fingerprint density at radius 3 is 2.70 bits per heavy atom. The predicted octanol–water partition coefficient (Wildman–Crippen LogP) is 3.04. The molecule has 122 valence electrons. The highest BCUT2D eigenvalue weighted by atomic mass is 16.5. The highest BCUT2D eigenvalue weighted by molar-refractivity contribution is 5.85. The number of Topliss-reactive ketones (excluding diaryl/α,β-unsaturated/α-hetero) is 1. The molecule has 2 rings (SSSR count). The summed E-state index contributed by atoms with van der Waals surface area (Å²) in [5.41, 5.74) is 7.59. The Morgan fingerprint density at radius 2 is 2.09 bits per heavy atom. The molecule has 1 aromatic heterocycles. The molecule has 0 aliphatic heterocycles. The molecule has 0 aliphatic rings. The van der Waals surface area contributed by atoms with Crippen LogP contribution in [-0.4, -0.2) is 23.9 Å². The van der Waals surface area contributed by atoms with Crippen LogP contribution in [0.15, 0.2) is 36.5 Å². The van der Waals surface area contributed by atoms with E-state index in [0.717, 1.165) is 16.9 Å². The molecule has 5 heteroatoms. The Kier molecular flexibility index (Phi) is 5.71. The highest BCUT2D eigenvalue weighted by Crippen LogP contribution is 2.27. The summed E-state index contributed by atoms with van der Waals surface area (Å²) >= 11 is 0. The Balaban J connectivity index is 2.04. The fraction of sp³-hybridized carbons (Fsp3) is 0.333. The SMILES string of the molecule is CC[C@@H](N)C(=O)Cc1ccc(Oc2ccc(C)c(OC)c2)nc1. The number of methoxy groups -OCH3 is 1. The smallest absolute Gasteiger partial charge is 0.219 e. The number of nitrogens with zero attached hydrogens (tertiary/aromatic N) is 1. The molecule has 2 N–H and O–H groups in total. The molecule has 0 bridgehead atoms. The number of nitrogens with two attached hydrogens (primary N) is 1. The molecule has 0 radical (unpaired) electrons. The molecule has 1 aromatic carbocycles. The minimum absolute atomic E-state index is 0.0197. The minimum atomic E-state index is -0.411. The maximum absolute atomic E-state index is 11.8. The molecular formula is C18H22N2O3. The molecule has 0 amide bonds. The molecule has 0 saturated heterocycles. The van der Waals surface area contributed by atoms with Crippen LogP contribution in [-0.2, 0) is 11.2 Å². The van der Waals surface area contributed by atoms with E-state index < -0.39 is 6.04 Å². The quantitative estimate of drug-likeness (QED) is 0.850. The van der Waals surface area contributed by atoms with E-state index in [-0.39, 0.29) is 5.78 Å². The van der Waals surface area contributed by atoms with Crippen molar-refractivity contribution < 1.29 is 14.3 Å². The van der Waals surface area contributed by atoms with E-state index in [1.54, 1.807) is 19.4 Å². The lowest BCUT2D eigenvalue weighted by atomic mass is 10.0. The van der Waals surface area contributed by atoms with Gasteiger partial charge in [0.05, 0.1) is 13.2 Å². The van der Waals surface area contributed by atoms with Crippen LogP contribution in [0.5, 0.6) is 17.4 Å². The fourth-order valence-corrected chi connectivity index (χ4v) is 2.12. The van der Waals surface area contributed by atoms with Gasteiger partial charge in [-0.25, -0.2) is 4.98 Å². The van der Waals surface area contributed by atoms with Crippen molar-refractivity contribution in [1.29, 1.82) is 0 Å². The zero-order chi connectivity index (χ0) is 16.8. The normalized spacial score (nSPS) is 11.8. The van der Waals surface area contributed by atoms with Crippen molar-refractivity contribution in [3.05, 3.63) is 47.7 Å². The number of carbonyl (C=O) groups is 1. The summed E-state index contributed by atoms with van der Waals surface area (Å²) in [6.07, 6.45) is 2.57. The van der Waals surface area contributed by atoms with Gasteiger partial charge in [-0.2, -0.15) is 0 Å². The summed E-state index contributed by atoms with van der Waals surface area (Å²) in [5, 5.41) is 0. The third kappa shape index (κ3) is 4.53. The van der Waals surface area contributed by atoms with E-state index in [1.807, 2.05) is 38.1 Å².